The fourth-order valence-electron chi connectivity index (χ4n) is 1.11. The maximum atomic E-state index is 11.6. The highest BCUT2D eigenvalue weighted by molar-refractivity contribution is 5.86. The molecule has 1 amide bonds. The van der Waals surface area contributed by atoms with Crippen molar-refractivity contribution in [3.63, 3.8) is 0 Å². The van der Waals surface area contributed by atoms with Crippen LogP contribution >= 0.6 is 0 Å². The molecular formula is C11H24N4O2. The molecule has 6 nitrogen and oxygen atoms in total. The van der Waals surface area contributed by atoms with Gasteiger partial charge < -0.3 is 21.1 Å². The van der Waals surface area contributed by atoms with Gasteiger partial charge >= 0.3 is 0 Å². The van der Waals surface area contributed by atoms with E-state index in [-0.39, 0.29) is 17.4 Å². The first-order valence-corrected chi connectivity index (χ1v) is 5.64. The van der Waals surface area contributed by atoms with Crippen molar-refractivity contribution in [2.24, 2.45) is 10.7 Å². The number of carbonyl (C=O) groups is 1. The molecule has 17 heavy (non-hydrogen) atoms. The first-order chi connectivity index (χ1) is 7.76. The molecule has 0 rings (SSSR count). The number of nitrogens with two attached hydrogens (primary N) is 1. The molecule has 0 aromatic heterocycles. The minimum atomic E-state index is -0.512. The molecule has 1 atom stereocenters. The van der Waals surface area contributed by atoms with Crippen LogP contribution in [-0.4, -0.2) is 43.7 Å². The molecule has 0 heterocycles. The number of nitrogens with one attached hydrogen (secondary N) is 2. The van der Waals surface area contributed by atoms with Gasteiger partial charge in [-0.3, -0.25) is 4.79 Å². The summed E-state index contributed by atoms with van der Waals surface area (Å²) in [6.45, 7) is 8.56. The van der Waals surface area contributed by atoms with Crippen molar-refractivity contribution in [1.82, 2.24) is 10.6 Å². The van der Waals surface area contributed by atoms with Crippen molar-refractivity contribution in [3.05, 3.63) is 0 Å². The van der Waals surface area contributed by atoms with Crippen LogP contribution in [0, 0.1) is 0 Å². The Labute approximate surface area is 103 Å². The molecule has 100 valence electrons. The second-order valence-corrected chi connectivity index (χ2v) is 4.85. The number of ether oxygens (including phenoxy) is 1. The van der Waals surface area contributed by atoms with Crippen molar-refractivity contribution < 1.29 is 9.53 Å². The van der Waals surface area contributed by atoms with E-state index >= 15 is 0 Å². The highest BCUT2D eigenvalue weighted by Crippen LogP contribution is 1.98. The van der Waals surface area contributed by atoms with Crippen molar-refractivity contribution in [3.8, 4) is 0 Å². The lowest BCUT2D eigenvalue weighted by Crippen LogP contribution is -2.46. The number of rotatable bonds is 5. The number of guanidine groups is 1. The van der Waals surface area contributed by atoms with Gasteiger partial charge in [0.2, 0.25) is 5.91 Å². The summed E-state index contributed by atoms with van der Waals surface area (Å²) in [6, 6.07) is -0.512. The lowest BCUT2D eigenvalue weighted by atomic mass is 10.1. The Hall–Kier alpha value is -1.30. The molecule has 1 unspecified atom stereocenters. The van der Waals surface area contributed by atoms with E-state index in [4.69, 9.17) is 10.5 Å². The molecule has 0 saturated heterocycles. The topological polar surface area (TPSA) is 88.7 Å². The van der Waals surface area contributed by atoms with E-state index in [0.717, 1.165) is 0 Å². The molecule has 0 aliphatic rings. The number of hydrogen-bond donors (Lipinski definition) is 3. The molecule has 0 radical (unpaired) electrons. The Morgan fingerprint density at radius 3 is 2.53 bits per heavy atom. The fraction of sp³-hybridized carbons (Fsp3) is 0.818. The van der Waals surface area contributed by atoms with Crippen LogP contribution in [0.15, 0.2) is 4.99 Å². The lowest BCUT2D eigenvalue weighted by molar-refractivity contribution is -0.122. The zero-order valence-corrected chi connectivity index (χ0v) is 11.3. The first kappa shape index (κ1) is 15.7. The second-order valence-electron chi connectivity index (χ2n) is 4.85. The van der Waals surface area contributed by atoms with Crippen molar-refractivity contribution >= 4 is 11.9 Å². The van der Waals surface area contributed by atoms with Gasteiger partial charge in [-0.05, 0) is 27.7 Å². The van der Waals surface area contributed by atoms with Gasteiger partial charge in [0.05, 0.1) is 6.61 Å². The van der Waals surface area contributed by atoms with Crippen LogP contribution < -0.4 is 16.4 Å². The summed E-state index contributed by atoms with van der Waals surface area (Å²) < 4.78 is 4.83. The molecule has 0 saturated carbocycles. The van der Waals surface area contributed by atoms with Gasteiger partial charge in [0.1, 0.15) is 6.04 Å². The third-order valence-corrected chi connectivity index (χ3v) is 1.82. The maximum absolute atomic E-state index is 11.6. The highest BCUT2D eigenvalue weighted by Gasteiger charge is 2.14. The molecule has 0 aromatic rings. The largest absolute Gasteiger partial charge is 0.383 e. The summed E-state index contributed by atoms with van der Waals surface area (Å²) in [5.41, 5.74) is 5.52. The van der Waals surface area contributed by atoms with E-state index in [0.29, 0.717) is 13.2 Å². The second kappa shape index (κ2) is 7.11. The number of methoxy groups -OCH3 is 1. The average Bonchev–Trinajstić information content (AvgIpc) is 2.14. The van der Waals surface area contributed by atoms with Gasteiger partial charge in [-0.15, -0.1) is 0 Å². The number of carbonyl (C=O) groups excluding carboxylic acids is 1. The van der Waals surface area contributed by atoms with Gasteiger partial charge in [-0.2, -0.15) is 0 Å². The standard InChI is InChI=1S/C11H24N4O2/c1-8(9(16)13-6-7-17-5)14-10(12)15-11(2,3)4/h8H,6-7H2,1-5H3,(H,13,16)(H3,12,14,15). The van der Waals surface area contributed by atoms with Crippen LogP contribution in [0.1, 0.15) is 27.7 Å². The monoisotopic (exact) mass is 244 g/mol. The van der Waals surface area contributed by atoms with Crippen LogP contribution in [0.4, 0.5) is 0 Å². The van der Waals surface area contributed by atoms with Crippen molar-refractivity contribution in [2.45, 2.75) is 39.3 Å². The van der Waals surface area contributed by atoms with Gasteiger partial charge in [0.25, 0.3) is 0 Å². The Morgan fingerprint density at radius 1 is 1.47 bits per heavy atom. The number of nitrogens with zero attached hydrogens (tertiary/aromatic N) is 1. The van der Waals surface area contributed by atoms with E-state index in [2.05, 4.69) is 15.6 Å². The molecule has 0 bridgehead atoms. The predicted molar refractivity (Wildman–Crippen MR) is 68.9 cm³/mol. The Morgan fingerprint density at radius 2 is 2.06 bits per heavy atom. The zero-order chi connectivity index (χ0) is 13.5. The molecule has 0 aliphatic carbocycles. The van der Waals surface area contributed by atoms with Crippen LogP contribution in [0.5, 0.6) is 0 Å². The van der Waals surface area contributed by atoms with Crippen molar-refractivity contribution in [2.75, 3.05) is 20.3 Å². The summed E-state index contributed by atoms with van der Waals surface area (Å²) in [7, 11) is 1.58. The first-order valence-electron chi connectivity index (χ1n) is 5.64. The van der Waals surface area contributed by atoms with Crippen LogP contribution in [-0.2, 0) is 9.53 Å². The summed E-state index contributed by atoms with van der Waals surface area (Å²) in [4.78, 5) is 15.6. The van der Waals surface area contributed by atoms with Gasteiger partial charge in [-0.25, -0.2) is 4.99 Å². The van der Waals surface area contributed by atoms with Gasteiger partial charge in [0, 0.05) is 19.2 Å². The Balaban J connectivity index is 4.17. The maximum Gasteiger partial charge on any atom is 0.244 e. The van der Waals surface area contributed by atoms with E-state index in [9.17, 15) is 4.79 Å². The Kier molecular flexibility index (Phi) is 6.57. The minimum Gasteiger partial charge on any atom is -0.383 e. The number of hydrogen-bond acceptors (Lipinski definition) is 3. The average molecular weight is 244 g/mol. The minimum absolute atomic E-state index is 0.166. The normalized spacial score (nSPS) is 14.3. The summed E-state index contributed by atoms with van der Waals surface area (Å²) in [6.07, 6.45) is 0. The zero-order valence-electron chi connectivity index (χ0n) is 11.3. The van der Waals surface area contributed by atoms with Crippen molar-refractivity contribution in [1.29, 1.82) is 0 Å². The molecular weight excluding hydrogens is 220 g/mol. The van der Waals surface area contributed by atoms with E-state index < -0.39 is 6.04 Å². The molecule has 0 spiro atoms. The molecule has 4 N–H and O–H groups in total. The highest BCUT2D eigenvalue weighted by atomic mass is 16.5. The van der Waals surface area contributed by atoms with Gasteiger partial charge in [0.15, 0.2) is 5.96 Å². The van der Waals surface area contributed by atoms with E-state index in [1.807, 2.05) is 20.8 Å². The van der Waals surface area contributed by atoms with Crippen LogP contribution in [0.25, 0.3) is 0 Å². The SMILES string of the molecule is COCCNC(=O)C(C)N=C(N)NC(C)(C)C. The van der Waals surface area contributed by atoms with Gasteiger partial charge in [-0.1, -0.05) is 0 Å². The van der Waals surface area contributed by atoms with E-state index in [1.54, 1.807) is 14.0 Å². The number of amides is 1. The summed E-state index contributed by atoms with van der Waals surface area (Å²) in [5.74, 6) is 0.104. The van der Waals surface area contributed by atoms with E-state index in [1.165, 1.54) is 0 Å². The Bertz CT molecular complexity index is 271. The lowest BCUT2D eigenvalue weighted by Gasteiger charge is -2.21. The molecule has 0 aromatic carbocycles. The summed E-state index contributed by atoms with van der Waals surface area (Å²) >= 11 is 0. The molecule has 6 heteroatoms. The summed E-state index contributed by atoms with van der Waals surface area (Å²) in [5, 5.41) is 5.69. The number of aliphatic imine (C=N–C) groups is 1. The van der Waals surface area contributed by atoms with Crippen LogP contribution in [0.2, 0.25) is 0 Å². The predicted octanol–water partition coefficient (Wildman–Crippen LogP) is -0.160. The quantitative estimate of drug-likeness (QED) is 0.356. The third-order valence-electron chi connectivity index (χ3n) is 1.82. The fourth-order valence-corrected chi connectivity index (χ4v) is 1.11. The molecule has 0 fully saturated rings. The molecule has 0 aliphatic heterocycles. The third kappa shape index (κ3) is 8.50. The smallest absolute Gasteiger partial charge is 0.244 e. The van der Waals surface area contributed by atoms with Crippen LogP contribution in [0.3, 0.4) is 0 Å².